The van der Waals surface area contributed by atoms with Gasteiger partial charge in [0.05, 0.1) is 29.0 Å². The summed E-state index contributed by atoms with van der Waals surface area (Å²) in [6.07, 6.45) is -1.20. The molecule has 0 bridgehead atoms. The minimum absolute atomic E-state index is 0.0187. The second kappa shape index (κ2) is 11.5. The predicted molar refractivity (Wildman–Crippen MR) is 170 cm³/mol. The highest BCUT2D eigenvalue weighted by Gasteiger charge is 2.33. The number of nitrogens with zero attached hydrogens (tertiary/aromatic N) is 5. The lowest BCUT2D eigenvalue weighted by atomic mass is 9.97. The Morgan fingerprint density at radius 3 is 2.55 bits per heavy atom. The van der Waals surface area contributed by atoms with Gasteiger partial charge in [-0.15, -0.1) is 18.3 Å². The van der Waals surface area contributed by atoms with Crippen molar-refractivity contribution in [3.63, 3.8) is 0 Å². The topological polar surface area (TPSA) is 71.6 Å². The Morgan fingerprint density at radius 2 is 1.82 bits per heavy atom. The number of hydrogen-bond donors (Lipinski definition) is 0. The molecular weight excluding hydrogens is 587 g/mol. The molecule has 11 heteroatoms. The van der Waals surface area contributed by atoms with Crippen molar-refractivity contribution in [3.05, 3.63) is 95.3 Å². The number of thioether (sulfide) groups is 1. The number of anilines is 1. The van der Waals surface area contributed by atoms with Gasteiger partial charge in [0, 0.05) is 17.1 Å². The van der Waals surface area contributed by atoms with Gasteiger partial charge < -0.3 is 4.74 Å². The van der Waals surface area contributed by atoms with Crippen LogP contribution in [0, 0.1) is 13.8 Å². The molecule has 1 fully saturated rings. The number of amides is 1. The normalized spacial score (nSPS) is 15.1. The van der Waals surface area contributed by atoms with E-state index in [0.29, 0.717) is 10.9 Å². The van der Waals surface area contributed by atoms with E-state index in [1.165, 1.54) is 23.9 Å². The van der Waals surface area contributed by atoms with E-state index in [1.54, 1.807) is 23.2 Å². The van der Waals surface area contributed by atoms with E-state index in [0.717, 1.165) is 55.7 Å². The summed E-state index contributed by atoms with van der Waals surface area (Å²) in [6.45, 7) is 8.07. The van der Waals surface area contributed by atoms with Gasteiger partial charge in [0.2, 0.25) is 5.91 Å². The molecule has 7 nitrogen and oxygen atoms in total. The van der Waals surface area contributed by atoms with Crippen molar-refractivity contribution >= 4 is 51.2 Å². The van der Waals surface area contributed by atoms with Crippen molar-refractivity contribution in [1.29, 1.82) is 0 Å². The van der Waals surface area contributed by atoms with Gasteiger partial charge in [-0.1, -0.05) is 49.9 Å². The zero-order valence-corrected chi connectivity index (χ0v) is 25.2. The van der Waals surface area contributed by atoms with Gasteiger partial charge in [0.1, 0.15) is 11.4 Å². The Morgan fingerprint density at radius 1 is 1.05 bits per heavy atom. The molecule has 0 unspecified atom stereocenters. The Kier molecular flexibility index (Phi) is 7.66. The van der Waals surface area contributed by atoms with Gasteiger partial charge in [-0.3, -0.25) is 14.1 Å². The van der Waals surface area contributed by atoms with Crippen LogP contribution in [0.3, 0.4) is 0 Å². The van der Waals surface area contributed by atoms with E-state index >= 15 is 0 Å². The standard InChI is InChI=1S/C33H28F3N5O2S/c1-19(2)26-7-5-6-20(3)29(26)41-28(42)18-44-32(41)39-37-17-22-8-13-27-24(16-22)14-15-40-30(21(4)38-31(27)40)23-9-11-25(12-10-23)43-33(34,35)36/h5-17,19H,18H2,1-4H3/b37-17-,39-32-. The monoisotopic (exact) mass is 615 g/mol. The lowest BCUT2D eigenvalue weighted by Crippen LogP contribution is -2.31. The van der Waals surface area contributed by atoms with E-state index in [9.17, 15) is 18.0 Å². The molecule has 1 saturated heterocycles. The summed E-state index contributed by atoms with van der Waals surface area (Å²) in [5.74, 6) is 0.253. The van der Waals surface area contributed by atoms with Crippen molar-refractivity contribution in [2.24, 2.45) is 10.2 Å². The second-order valence-electron chi connectivity index (χ2n) is 10.8. The number of pyridine rings is 1. The van der Waals surface area contributed by atoms with Crippen LogP contribution >= 0.6 is 11.8 Å². The third kappa shape index (κ3) is 5.67. The van der Waals surface area contributed by atoms with E-state index in [2.05, 4.69) is 28.8 Å². The van der Waals surface area contributed by atoms with Gasteiger partial charge in [-0.2, -0.15) is 5.10 Å². The zero-order valence-electron chi connectivity index (χ0n) is 24.4. The Bertz CT molecular complexity index is 1960. The number of fused-ring (bicyclic) bond motifs is 3. The number of halogens is 3. The second-order valence-corrected chi connectivity index (χ2v) is 11.7. The van der Waals surface area contributed by atoms with Crippen LogP contribution in [0.2, 0.25) is 0 Å². The van der Waals surface area contributed by atoms with Crippen molar-refractivity contribution in [2.75, 3.05) is 10.7 Å². The first-order valence-corrected chi connectivity index (χ1v) is 14.9. The van der Waals surface area contributed by atoms with Gasteiger partial charge in [-0.25, -0.2) is 4.98 Å². The van der Waals surface area contributed by atoms with Crippen LogP contribution in [0.1, 0.15) is 42.1 Å². The molecule has 44 heavy (non-hydrogen) atoms. The SMILES string of the molecule is Cc1cccc(C(C)C)c1N1C(=O)CS/C1=N\N=C/c1ccc2c(ccn3c(-c4ccc(OC(F)(F)F)cc4)c(C)nc23)c1. The van der Waals surface area contributed by atoms with Crippen molar-refractivity contribution in [2.45, 2.75) is 40.0 Å². The van der Waals surface area contributed by atoms with Crippen LogP contribution in [0.5, 0.6) is 5.75 Å². The molecule has 0 atom stereocenters. The maximum Gasteiger partial charge on any atom is 0.573 e. The molecule has 0 radical (unpaired) electrons. The number of hydrogen-bond acceptors (Lipinski definition) is 6. The zero-order chi connectivity index (χ0) is 31.2. The van der Waals surface area contributed by atoms with Crippen LogP contribution in [0.25, 0.3) is 27.7 Å². The summed E-state index contributed by atoms with van der Waals surface area (Å²) < 4.78 is 43.7. The molecule has 1 amide bonds. The molecular formula is C33H28F3N5O2S. The molecule has 224 valence electrons. The third-order valence-corrected chi connectivity index (χ3v) is 8.31. The minimum Gasteiger partial charge on any atom is -0.406 e. The number of alkyl halides is 3. The number of ether oxygens (including phenoxy) is 1. The molecule has 1 aliphatic heterocycles. The summed E-state index contributed by atoms with van der Waals surface area (Å²) in [7, 11) is 0. The largest absolute Gasteiger partial charge is 0.573 e. The van der Waals surface area contributed by atoms with Gasteiger partial charge in [0.15, 0.2) is 5.17 Å². The number of carbonyl (C=O) groups excluding carboxylic acids is 1. The van der Waals surface area contributed by atoms with E-state index in [4.69, 9.17) is 4.98 Å². The molecule has 3 aromatic carbocycles. The fraction of sp³-hybridized carbons (Fsp3) is 0.212. The van der Waals surface area contributed by atoms with Crippen molar-refractivity contribution in [1.82, 2.24) is 9.38 Å². The highest BCUT2D eigenvalue weighted by molar-refractivity contribution is 8.15. The molecule has 2 aromatic heterocycles. The maximum atomic E-state index is 12.9. The van der Waals surface area contributed by atoms with Crippen molar-refractivity contribution in [3.8, 4) is 17.0 Å². The molecule has 6 rings (SSSR count). The predicted octanol–water partition coefficient (Wildman–Crippen LogP) is 8.26. The molecule has 5 aromatic rings. The van der Waals surface area contributed by atoms with Crippen LogP contribution in [0.4, 0.5) is 18.9 Å². The number of imidazole rings is 1. The lowest BCUT2D eigenvalue weighted by Gasteiger charge is -2.23. The molecule has 0 saturated carbocycles. The minimum atomic E-state index is -4.75. The van der Waals surface area contributed by atoms with E-state index in [-0.39, 0.29) is 17.6 Å². The smallest absolute Gasteiger partial charge is 0.406 e. The number of rotatable bonds is 6. The Balaban J connectivity index is 1.29. The molecule has 0 N–H and O–H groups in total. The van der Waals surface area contributed by atoms with E-state index in [1.807, 2.05) is 66.9 Å². The average molecular weight is 616 g/mol. The molecule has 0 spiro atoms. The number of carbonyl (C=O) groups is 1. The fourth-order valence-corrected chi connectivity index (χ4v) is 6.26. The Hall–Kier alpha value is -4.64. The molecule has 1 aliphatic rings. The van der Waals surface area contributed by atoms with Gasteiger partial charge >= 0.3 is 6.36 Å². The quantitative estimate of drug-likeness (QED) is 0.142. The first-order valence-electron chi connectivity index (χ1n) is 13.9. The fourth-order valence-electron chi connectivity index (χ4n) is 5.46. The number of para-hydroxylation sites is 1. The third-order valence-electron chi connectivity index (χ3n) is 7.40. The van der Waals surface area contributed by atoms with Crippen LogP contribution in [0.15, 0.2) is 83.1 Å². The maximum absolute atomic E-state index is 12.9. The van der Waals surface area contributed by atoms with E-state index < -0.39 is 6.36 Å². The van der Waals surface area contributed by atoms with Crippen LogP contribution in [-0.4, -0.2) is 38.8 Å². The first-order chi connectivity index (χ1) is 21.0. The number of benzene rings is 3. The summed E-state index contributed by atoms with van der Waals surface area (Å²) in [4.78, 5) is 19.3. The number of amidine groups is 1. The summed E-state index contributed by atoms with van der Waals surface area (Å²) in [5.41, 5.74) is 6.77. The summed E-state index contributed by atoms with van der Waals surface area (Å²) in [6, 6.07) is 19.6. The lowest BCUT2D eigenvalue weighted by molar-refractivity contribution is -0.274. The van der Waals surface area contributed by atoms with Crippen LogP contribution < -0.4 is 9.64 Å². The highest BCUT2D eigenvalue weighted by atomic mass is 32.2. The first kappa shape index (κ1) is 29.4. The number of aryl methyl sites for hydroxylation is 2. The van der Waals surface area contributed by atoms with Crippen LogP contribution in [-0.2, 0) is 4.79 Å². The average Bonchev–Trinajstić information content (AvgIpc) is 3.50. The van der Waals surface area contributed by atoms with Crippen molar-refractivity contribution < 1.29 is 22.7 Å². The summed E-state index contributed by atoms with van der Waals surface area (Å²) >= 11 is 1.37. The highest BCUT2D eigenvalue weighted by Crippen LogP contribution is 2.36. The molecule has 3 heterocycles. The molecule has 0 aliphatic carbocycles. The van der Waals surface area contributed by atoms with Gasteiger partial charge in [0.25, 0.3) is 0 Å². The summed E-state index contributed by atoms with van der Waals surface area (Å²) in [5, 5.41) is 11.2. The Labute approximate surface area is 256 Å². The number of aromatic nitrogens is 2. The van der Waals surface area contributed by atoms with Gasteiger partial charge in [-0.05, 0) is 84.3 Å².